The summed E-state index contributed by atoms with van der Waals surface area (Å²) < 4.78 is 0. The van der Waals surface area contributed by atoms with Gasteiger partial charge in [0.05, 0.1) is 0 Å². The first-order valence-corrected chi connectivity index (χ1v) is 8.85. The highest BCUT2D eigenvalue weighted by Gasteiger charge is 2.06. The molecule has 128 valence electrons. The highest BCUT2D eigenvalue weighted by molar-refractivity contribution is 6.08. The predicted molar refractivity (Wildman–Crippen MR) is 100 cm³/mol. The van der Waals surface area contributed by atoms with E-state index in [1.807, 2.05) is 60.7 Å². The van der Waals surface area contributed by atoms with Gasteiger partial charge in [-0.05, 0) is 12.8 Å². The van der Waals surface area contributed by atoms with Gasteiger partial charge in [0.25, 0.3) is 0 Å². The van der Waals surface area contributed by atoms with Gasteiger partial charge in [-0.1, -0.05) is 87.4 Å². The number of carbonyl (C=O) groups excluding carboxylic acids is 2. The van der Waals surface area contributed by atoms with Gasteiger partial charge in [0, 0.05) is 24.0 Å². The van der Waals surface area contributed by atoms with Gasteiger partial charge in [0.15, 0.2) is 5.78 Å². The quantitative estimate of drug-likeness (QED) is 0.570. The zero-order valence-electron chi connectivity index (χ0n) is 14.8. The number of ketones is 2. The highest BCUT2D eigenvalue weighted by atomic mass is 16.1. The van der Waals surface area contributed by atoms with Gasteiger partial charge in [0.1, 0.15) is 5.78 Å². The van der Waals surface area contributed by atoms with Crippen LogP contribution in [0.4, 0.5) is 0 Å². The van der Waals surface area contributed by atoms with E-state index in [0.717, 1.165) is 49.7 Å². The van der Waals surface area contributed by atoms with Crippen molar-refractivity contribution in [2.24, 2.45) is 0 Å². The minimum absolute atomic E-state index is 0.0752. The van der Waals surface area contributed by atoms with Crippen LogP contribution in [0.15, 0.2) is 60.7 Å². The Labute approximate surface area is 145 Å². The minimum atomic E-state index is 0.0752. The summed E-state index contributed by atoms with van der Waals surface area (Å²) in [6.07, 6.45) is 6.02. The number of carbonyl (C=O) groups is 2. The average Bonchev–Trinajstić information content (AvgIpc) is 2.66. The fourth-order valence-electron chi connectivity index (χ4n) is 2.22. The SMILES string of the molecule is CCCCC(=O)CCCC.O=C(c1ccccc1)c1ccccc1. The molecule has 0 saturated carbocycles. The van der Waals surface area contributed by atoms with Gasteiger partial charge in [-0.15, -0.1) is 0 Å². The van der Waals surface area contributed by atoms with Gasteiger partial charge in [-0.3, -0.25) is 9.59 Å². The van der Waals surface area contributed by atoms with E-state index in [-0.39, 0.29) is 5.78 Å². The Bertz CT molecular complexity index is 536. The van der Waals surface area contributed by atoms with E-state index in [0.29, 0.717) is 5.78 Å². The van der Waals surface area contributed by atoms with Crippen LogP contribution in [-0.2, 0) is 4.79 Å². The molecule has 0 heterocycles. The van der Waals surface area contributed by atoms with Crippen LogP contribution in [-0.4, -0.2) is 11.6 Å². The van der Waals surface area contributed by atoms with Gasteiger partial charge in [-0.2, -0.15) is 0 Å². The third-order valence-corrected chi connectivity index (χ3v) is 3.69. The molecular formula is C22H28O2. The van der Waals surface area contributed by atoms with Crippen LogP contribution >= 0.6 is 0 Å². The first kappa shape index (κ1) is 19.8. The van der Waals surface area contributed by atoms with Crippen molar-refractivity contribution >= 4 is 11.6 Å². The van der Waals surface area contributed by atoms with E-state index in [2.05, 4.69) is 13.8 Å². The number of unbranched alkanes of at least 4 members (excludes halogenated alkanes) is 2. The molecule has 2 aromatic carbocycles. The van der Waals surface area contributed by atoms with E-state index in [1.165, 1.54) is 0 Å². The monoisotopic (exact) mass is 324 g/mol. The summed E-state index contributed by atoms with van der Waals surface area (Å²) in [6.45, 7) is 4.24. The maximum absolute atomic E-state index is 11.8. The summed E-state index contributed by atoms with van der Waals surface area (Å²) in [5.74, 6) is 0.523. The molecule has 0 amide bonds. The summed E-state index contributed by atoms with van der Waals surface area (Å²) in [5.41, 5.74) is 1.47. The van der Waals surface area contributed by atoms with Gasteiger partial charge >= 0.3 is 0 Å². The van der Waals surface area contributed by atoms with E-state index in [9.17, 15) is 9.59 Å². The molecule has 0 radical (unpaired) electrons. The van der Waals surface area contributed by atoms with Crippen LogP contribution < -0.4 is 0 Å². The average molecular weight is 324 g/mol. The van der Waals surface area contributed by atoms with Crippen molar-refractivity contribution in [2.45, 2.75) is 52.4 Å². The van der Waals surface area contributed by atoms with Crippen molar-refractivity contribution < 1.29 is 9.59 Å². The Hall–Kier alpha value is -2.22. The lowest BCUT2D eigenvalue weighted by atomic mass is 10.0. The molecule has 0 unspecified atom stereocenters. The fraction of sp³-hybridized carbons (Fsp3) is 0.364. The van der Waals surface area contributed by atoms with Crippen LogP contribution in [0, 0.1) is 0 Å². The van der Waals surface area contributed by atoms with Crippen molar-refractivity contribution in [3.63, 3.8) is 0 Å². The molecule has 0 fully saturated rings. The molecule has 2 aromatic rings. The number of hydrogen-bond acceptors (Lipinski definition) is 2. The summed E-state index contributed by atoms with van der Waals surface area (Å²) in [5, 5.41) is 0. The van der Waals surface area contributed by atoms with Crippen molar-refractivity contribution in [3.8, 4) is 0 Å². The Morgan fingerprint density at radius 3 is 1.38 bits per heavy atom. The Balaban J connectivity index is 0.000000257. The molecule has 2 nitrogen and oxygen atoms in total. The maximum Gasteiger partial charge on any atom is 0.193 e. The largest absolute Gasteiger partial charge is 0.300 e. The van der Waals surface area contributed by atoms with E-state index < -0.39 is 0 Å². The third kappa shape index (κ3) is 7.87. The van der Waals surface area contributed by atoms with E-state index in [4.69, 9.17) is 0 Å². The summed E-state index contributed by atoms with van der Waals surface area (Å²) in [4.78, 5) is 22.8. The van der Waals surface area contributed by atoms with E-state index in [1.54, 1.807) is 0 Å². The molecule has 2 heteroatoms. The number of rotatable bonds is 8. The van der Waals surface area contributed by atoms with Crippen LogP contribution in [0.3, 0.4) is 0 Å². The van der Waals surface area contributed by atoms with Crippen LogP contribution in [0.5, 0.6) is 0 Å². The second kappa shape index (κ2) is 12.2. The second-order valence-corrected chi connectivity index (χ2v) is 5.81. The third-order valence-electron chi connectivity index (χ3n) is 3.69. The highest BCUT2D eigenvalue weighted by Crippen LogP contribution is 2.08. The molecule has 0 aliphatic carbocycles. The zero-order chi connectivity index (χ0) is 17.6. The molecule has 0 bridgehead atoms. The molecule has 24 heavy (non-hydrogen) atoms. The van der Waals surface area contributed by atoms with Crippen molar-refractivity contribution in [1.29, 1.82) is 0 Å². The second-order valence-electron chi connectivity index (χ2n) is 5.81. The number of Topliss-reactive ketones (excluding diaryl/α,β-unsaturated/α-hetero) is 1. The van der Waals surface area contributed by atoms with Crippen LogP contribution in [0.25, 0.3) is 0 Å². The van der Waals surface area contributed by atoms with Crippen LogP contribution in [0.2, 0.25) is 0 Å². The molecule has 0 aliphatic rings. The van der Waals surface area contributed by atoms with Crippen LogP contribution in [0.1, 0.15) is 68.3 Å². The van der Waals surface area contributed by atoms with Gasteiger partial charge in [0.2, 0.25) is 0 Å². The molecule has 0 aliphatic heterocycles. The summed E-state index contributed by atoms with van der Waals surface area (Å²) >= 11 is 0. The van der Waals surface area contributed by atoms with Gasteiger partial charge in [-0.25, -0.2) is 0 Å². The standard InChI is InChI=1S/C13H10O.C9H18O/c14-13(11-7-3-1-4-8-11)12-9-5-2-6-10-12;1-3-5-7-9(10)8-6-4-2/h1-10H;3-8H2,1-2H3. The fourth-order valence-corrected chi connectivity index (χ4v) is 2.22. The van der Waals surface area contributed by atoms with Crippen molar-refractivity contribution in [1.82, 2.24) is 0 Å². The molecule has 0 saturated heterocycles. The smallest absolute Gasteiger partial charge is 0.193 e. The molecular weight excluding hydrogens is 296 g/mol. The van der Waals surface area contributed by atoms with E-state index >= 15 is 0 Å². The lowest BCUT2D eigenvalue weighted by Gasteiger charge is -1.99. The zero-order valence-corrected chi connectivity index (χ0v) is 14.8. The minimum Gasteiger partial charge on any atom is -0.300 e. The summed E-state index contributed by atoms with van der Waals surface area (Å²) in [6, 6.07) is 18.6. The number of hydrogen-bond donors (Lipinski definition) is 0. The van der Waals surface area contributed by atoms with Crippen molar-refractivity contribution in [2.75, 3.05) is 0 Å². The van der Waals surface area contributed by atoms with Crippen molar-refractivity contribution in [3.05, 3.63) is 71.8 Å². The summed E-state index contributed by atoms with van der Waals surface area (Å²) in [7, 11) is 0. The Kier molecular flexibility index (Phi) is 10.1. The Morgan fingerprint density at radius 1 is 0.667 bits per heavy atom. The molecule has 2 rings (SSSR count). The molecule has 0 spiro atoms. The molecule has 0 atom stereocenters. The molecule has 0 aromatic heterocycles. The normalized spacial score (nSPS) is 9.75. The lowest BCUT2D eigenvalue weighted by molar-refractivity contribution is -0.119. The first-order chi connectivity index (χ1) is 11.7. The first-order valence-electron chi connectivity index (χ1n) is 8.85. The maximum atomic E-state index is 11.8. The van der Waals surface area contributed by atoms with Gasteiger partial charge < -0.3 is 0 Å². The predicted octanol–water partition coefficient (Wildman–Crippen LogP) is 5.85. The Morgan fingerprint density at radius 2 is 1.04 bits per heavy atom. The molecule has 0 N–H and O–H groups in total. The lowest BCUT2D eigenvalue weighted by Crippen LogP contribution is -1.99. The number of benzene rings is 2. The topological polar surface area (TPSA) is 34.1 Å².